The van der Waals surface area contributed by atoms with Crippen LogP contribution < -0.4 is 4.90 Å². The minimum Gasteiger partial charge on any atom is -0.378 e. The molecule has 0 aliphatic rings. The van der Waals surface area contributed by atoms with Gasteiger partial charge in [-0.15, -0.1) is 0 Å². The van der Waals surface area contributed by atoms with Crippen molar-refractivity contribution in [3.05, 3.63) is 48.0 Å². The summed E-state index contributed by atoms with van der Waals surface area (Å²) in [6.07, 6.45) is 0. The molecule has 118 valence electrons. The Morgan fingerprint density at radius 3 is 1.86 bits per heavy atom. The van der Waals surface area contributed by atoms with Crippen molar-refractivity contribution in [3.8, 4) is 0 Å². The third-order valence-corrected chi connectivity index (χ3v) is 3.27. The lowest BCUT2D eigenvalue weighted by molar-refractivity contribution is 1.13. The minimum absolute atomic E-state index is 1.05. The van der Waals surface area contributed by atoms with Gasteiger partial charge in [-0.2, -0.15) is 0 Å². The van der Waals surface area contributed by atoms with Gasteiger partial charge in [0.1, 0.15) is 0 Å². The normalized spacial score (nSPS) is 9.59. The second kappa shape index (κ2) is 8.38. The minimum atomic E-state index is 1.05. The number of nitrogens with zero attached hydrogens (tertiary/aromatic N) is 2. The Bertz CT molecular complexity index is 730. The molecule has 0 aliphatic heterocycles. The summed E-state index contributed by atoms with van der Waals surface area (Å²) in [5.41, 5.74) is 4.55. The van der Waals surface area contributed by atoms with Gasteiger partial charge in [-0.1, -0.05) is 45.9 Å². The first-order valence-electron chi connectivity index (χ1n) is 8.12. The van der Waals surface area contributed by atoms with Crippen LogP contribution in [-0.4, -0.2) is 19.1 Å². The molecular formula is C20H28N2. The van der Waals surface area contributed by atoms with Gasteiger partial charge < -0.3 is 4.90 Å². The Hall–Kier alpha value is -2.09. The molecule has 22 heavy (non-hydrogen) atoms. The quantitative estimate of drug-likeness (QED) is 0.526. The molecule has 0 amide bonds. The Labute approximate surface area is 134 Å². The molecule has 0 spiro atoms. The fourth-order valence-electron chi connectivity index (χ4n) is 2.20. The summed E-state index contributed by atoms with van der Waals surface area (Å²) in [5, 5.41) is 2.39. The smallest absolute Gasteiger partial charge is 0.0730 e. The first-order valence-corrected chi connectivity index (χ1v) is 8.12. The zero-order valence-electron chi connectivity index (χ0n) is 14.9. The molecule has 3 aromatic rings. The van der Waals surface area contributed by atoms with Gasteiger partial charge in [0.25, 0.3) is 0 Å². The van der Waals surface area contributed by atoms with Gasteiger partial charge in [-0.25, -0.2) is 4.98 Å². The van der Waals surface area contributed by atoms with Crippen molar-refractivity contribution in [2.24, 2.45) is 0 Å². The van der Waals surface area contributed by atoms with Crippen LogP contribution >= 0.6 is 0 Å². The van der Waals surface area contributed by atoms with E-state index in [2.05, 4.69) is 54.3 Å². The number of aromatic nitrogens is 1. The molecule has 0 unspecified atom stereocenters. The molecule has 0 saturated carbocycles. The van der Waals surface area contributed by atoms with E-state index in [0.717, 1.165) is 11.0 Å². The molecule has 2 aromatic carbocycles. The monoisotopic (exact) mass is 296 g/mol. The predicted molar refractivity (Wildman–Crippen MR) is 101 cm³/mol. The number of pyridine rings is 1. The standard InChI is InChI=1S/C16H16N2.2C2H6/c1-11-4-5-12-9-13-6-7-14(18(2)3)10-16(13)17-15(12)8-11;2*1-2/h4-10H,1-3H3;2*1-2H3. The Morgan fingerprint density at radius 1 is 0.727 bits per heavy atom. The third-order valence-electron chi connectivity index (χ3n) is 3.27. The summed E-state index contributed by atoms with van der Waals surface area (Å²) in [6.45, 7) is 10.1. The van der Waals surface area contributed by atoms with E-state index in [-0.39, 0.29) is 0 Å². The molecule has 1 aromatic heterocycles. The number of anilines is 1. The van der Waals surface area contributed by atoms with E-state index in [9.17, 15) is 0 Å². The van der Waals surface area contributed by atoms with E-state index in [4.69, 9.17) is 4.98 Å². The van der Waals surface area contributed by atoms with Gasteiger partial charge in [-0.05, 0) is 36.8 Å². The second-order valence-corrected chi connectivity index (χ2v) is 4.96. The first kappa shape index (κ1) is 18.0. The molecule has 0 bridgehead atoms. The molecule has 0 N–H and O–H groups in total. The highest BCUT2D eigenvalue weighted by atomic mass is 15.1. The van der Waals surface area contributed by atoms with E-state index in [1.807, 2.05) is 41.8 Å². The topological polar surface area (TPSA) is 16.1 Å². The lowest BCUT2D eigenvalue weighted by Crippen LogP contribution is -2.08. The van der Waals surface area contributed by atoms with E-state index in [1.165, 1.54) is 22.0 Å². The highest BCUT2D eigenvalue weighted by Gasteiger charge is 2.02. The van der Waals surface area contributed by atoms with Crippen LogP contribution in [0.15, 0.2) is 42.5 Å². The number of hydrogen-bond acceptors (Lipinski definition) is 2. The average Bonchev–Trinajstić information content (AvgIpc) is 2.56. The number of fused-ring (bicyclic) bond motifs is 2. The predicted octanol–water partition coefficient (Wildman–Crippen LogP) is 5.81. The second-order valence-electron chi connectivity index (χ2n) is 4.96. The lowest BCUT2D eigenvalue weighted by Gasteiger charge is -2.13. The fourth-order valence-corrected chi connectivity index (χ4v) is 2.20. The van der Waals surface area contributed by atoms with Gasteiger partial charge >= 0.3 is 0 Å². The van der Waals surface area contributed by atoms with E-state index in [0.29, 0.717) is 0 Å². The SMILES string of the molecule is CC.CC.Cc1ccc2cc3ccc(N(C)C)cc3nc2c1. The molecule has 3 rings (SSSR count). The van der Waals surface area contributed by atoms with E-state index < -0.39 is 0 Å². The van der Waals surface area contributed by atoms with Crippen molar-refractivity contribution in [3.63, 3.8) is 0 Å². The van der Waals surface area contributed by atoms with Crippen LogP contribution in [0.2, 0.25) is 0 Å². The summed E-state index contributed by atoms with van der Waals surface area (Å²) < 4.78 is 0. The molecule has 0 atom stereocenters. The molecule has 1 heterocycles. The third kappa shape index (κ3) is 3.97. The van der Waals surface area contributed by atoms with Gasteiger partial charge in [0.05, 0.1) is 11.0 Å². The highest BCUT2D eigenvalue weighted by molar-refractivity contribution is 5.94. The maximum absolute atomic E-state index is 4.75. The zero-order valence-corrected chi connectivity index (χ0v) is 14.9. The van der Waals surface area contributed by atoms with Crippen molar-refractivity contribution >= 4 is 27.5 Å². The molecule has 2 nitrogen and oxygen atoms in total. The maximum Gasteiger partial charge on any atom is 0.0730 e. The molecule has 2 heteroatoms. The zero-order chi connectivity index (χ0) is 16.7. The molecule has 0 aliphatic carbocycles. The Balaban J connectivity index is 0.000000561. The molecule has 0 radical (unpaired) electrons. The summed E-state index contributed by atoms with van der Waals surface area (Å²) in [4.78, 5) is 6.85. The van der Waals surface area contributed by atoms with Crippen LogP contribution in [0.25, 0.3) is 21.8 Å². The number of rotatable bonds is 1. The number of benzene rings is 2. The number of aryl methyl sites for hydroxylation is 1. The Kier molecular flexibility index (Phi) is 6.84. The van der Waals surface area contributed by atoms with Gasteiger partial charge in [0.15, 0.2) is 0 Å². The lowest BCUT2D eigenvalue weighted by atomic mass is 10.1. The van der Waals surface area contributed by atoms with Gasteiger partial charge in [0.2, 0.25) is 0 Å². The average molecular weight is 296 g/mol. The summed E-state index contributed by atoms with van der Waals surface area (Å²) >= 11 is 0. The van der Waals surface area contributed by atoms with Crippen LogP contribution in [0.5, 0.6) is 0 Å². The van der Waals surface area contributed by atoms with Crippen molar-refractivity contribution in [1.29, 1.82) is 0 Å². The largest absolute Gasteiger partial charge is 0.378 e. The van der Waals surface area contributed by atoms with Crippen molar-refractivity contribution in [2.75, 3.05) is 19.0 Å². The van der Waals surface area contributed by atoms with Gasteiger partial charge in [-0.3, -0.25) is 0 Å². The first-order chi connectivity index (χ1) is 10.6. The summed E-state index contributed by atoms with van der Waals surface area (Å²) in [5.74, 6) is 0. The van der Waals surface area contributed by atoms with Crippen LogP contribution in [0.1, 0.15) is 33.3 Å². The van der Waals surface area contributed by atoms with Crippen LogP contribution in [0, 0.1) is 6.92 Å². The van der Waals surface area contributed by atoms with Crippen molar-refractivity contribution in [1.82, 2.24) is 4.98 Å². The van der Waals surface area contributed by atoms with E-state index >= 15 is 0 Å². The van der Waals surface area contributed by atoms with Crippen molar-refractivity contribution < 1.29 is 0 Å². The van der Waals surface area contributed by atoms with Crippen molar-refractivity contribution in [2.45, 2.75) is 34.6 Å². The molecule has 0 fully saturated rings. The number of hydrogen-bond donors (Lipinski definition) is 0. The molecule has 0 saturated heterocycles. The highest BCUT2D eigenvalue weighted by Crippen LogP contribution is 2.24. The molecular weight excluding hydrogens is 268 g/mol. The maximum atomic E-state index is 4.75. The van der Waals surface area contributed by atoms with Crippen LogP contribution in [-0.2, 0) is 0 Å². The summed E-state index contributed by atoms with van der Waals surface area (Å²) in [7, 11) is 4.10. The van der Waals surface area contributed by atoms with Gasteiger partial charge in [0, 0.05) is 30.6 Å². The fraction of sp³-hybridized carbons (Fsp3) is 0.350. The Morgan fingerprint density at radius 2 is 1.27 bits per heavy atom. The summed E-state index contributed by atoms with van der Waals surface area (Å²) in [6, 6.07) is 15.0. The van der Waals surface area contributed by atoms with Crippen LogP contribution in [0.4, 0.5) is 5.69 Å². The van der Waals surface area contributed by atoms with Crippen LogP contribution in [0.3, 0.4) is 0 Å². The van der Waals surface area contributed by atoms with E-state index in [1.54, 1.807) is 0 Å².